The highest BCUT2D eigenvalue weighted by molar-refractivity contribution is 5.79. The number of pyridine rings is 1. The number of amides is 1. The van der Waals surface area contributed by atoms with Crippen LogP contribution in [0.2, 0.25) is 0 Å². The van der Waals surface area contributed by atoms with E-state index in [4.69, 9.17) is 14.7 Å². The molecule has 7 nitrogen and oxygen atoms in total. The summed E-state index contributed by atoms with van der Waals surface area (Å²) in [5.41, 5.74) is 2.46. The van der Waals surface area contributed by atoms with Crippen LogP contribution in [0.25, 0.3) is 11.4 Å². The number of carbonyl (C=O) groups is 1. The number of aromatic nitrogens is 3. The molecule has 3 aromatic rings. The van der Waals surface area contributed by atoms with Gasteiger partial charge in [0.15, 0.2) is 17.4 Å². The van der Waals surface area contributed by atoms with Crippen molar-refractivity contribution >= 4 is 11.7 Å². The zero-order valence-electron chi connectivity index (χ0n) is 19.2. The van der Waals surface area contributed by atoms with E-state index < -0.39 is 5.82 Å². The Labute approximate surface area is 193 Å². The molecule has 1 aliphatic rings. The molecule has 0 radical (unpaired) electrons. The number of halogens is 1. The van der Waals surface area contributed by atoms with Gasteiger partial charge in [-0.3, -0.25) is 9.78 Å². The average molecular weight is 450 g/mol. The van der Waals surface area contributed by atoms with E-state index in [1.54, 1.807) is 24.5 Å². The molecule has 1 saturated heterocycles. The quantitative estimate of drug-likeness (QED) is 0.572. The van der Waals surface area contributed by atoms with Gasteiger partial charge in [0.05, 0.1) is 19.2 Å². The van der Waals surface area contributed by atoms with Gasteiger partial charge >= 0.3 is 0 Å². The number of ether oxygens (including phenoxy) is 1. The van der Waals surface area contributed by atoms with Crippen LogP contribution in [0.5, 0.6) is 5.75 Å². The predicted molar refractivity (Wildman–Crippen MR) is 125 cm³/mol. The summed E-state index contributed by atoms with van der Waals surface area (Å²) in [5.74, 6) is 1.28. The third-order valence-corrected chi connectivity index (χ3v) is 5.89. The molecule has 0 aliphatic carbocycles. The molecular weight excluding hydrogens is 421 g/mol. The molecule has 1 aliphatic heterocycles. The zero-order valence-corrected chi connectivity index (χ0v) is 19.2. The Morgan fingerprint density at radius 2 is 1.97 bits per heavy atom. The summed E-state index contributed by atoms with van der Waals surface area (Å²) in [6.07, 6.45) is 5.44. The van der Waals surface area contributed by atoms with Crippen molar-refractivity contribution in [2.24, 2.45) is 0 Å². The lowest BCUT2D eigenvalue weighted by atomic mass is 9.93. The van der Waals surface area contributed by atoms with Crippen molar-refractivity contribution in [3.8, 4) is 17.1 Å². The molecule has 1 aromatic carbocycles. The fourth-order valence-corrected chi connectivity index (χ4v) is 4.07. The third-order valence-electron chi connectivity index (χ3n) is 5.89. The Morgan fingerprint density at radius 1 is 1.18 bits per heavy atom. The van der Waals surface area contributed by atoms with Gasteiger partial charge in [-0.2, -0.15) is 0 Å². The molecule has 0 bridgehead atoms. The number of hydrogen-bond acceptors (Lipinski definition) is 6. The molecule has 0 saturated carbocycles. The lowest BCUT2D eigenvalue weighted by Gasteiger charge is -2.33. The summed E-state index contributed by atoms with van der Waals surface area (Å²) in [5, 5.41) is 0. The second kappa shape index (κ2) is 9.94. The van der Waals surface area contributed by atoms with Crippen molar-refractivity contribution in [3.63, 3.8) is 0 Å². The van der Waals surface area contributed by atoms with Crippen molar-refractivity contribution in [3.05, 3.63) is 65.9 Å². The van der Waals surface area contributed by atoms with Crippen LogP contribution in [0, 0.1) is 5.82 Å². The van der Waals surface area contributed by atoms with E-state index in [0.29, 0.717) is 24.5 Å². The summed E-state index contributed by atoms with van der Waals surface area (Å²) in [7, 11) is 5.33. The first-order valence-electron chi connectivity index (χ1n) is 11.0. The molecule has 1 fully saturated rings. The first-order chi connectivity index (χ1) is 15.9. The van der Waals surface area contributed by atoms with Gasteiger partial charge in [0.2, 0.25) is 5.91 Å². The topological polar surface area (TPSA) is 71.5 Å². The minimum absolute atomic E-state index is 0.0134. The molecule has 4 rings (SSSR count). The van der Waals surface area contributed by atoms with Crippen LogP contribution in [-0.4, -0.2) is 60.1 Å². The average Bonchev–Trinajstić information content (AvgIpc) is 2.84. The van der Waals surface area contributed by atoms with Crippen molar-refractivity contribution in [1.82, 2.24) is 19.9 Å². The number of methoxy groups -OCH3 is 1. The van der Waals surface area contributed by atoms with Gasteiger partial charge in [0.1, 0.15) is 5.82 Å². The predicted octanol–water partition coefficient (Wildman–Crippen LogP) is 3.70. The molecular formula is C25H28FN5O2. The fourth-order valence-electron chi connectivity index (χ4n) is 4.07. The van der Waals surface area contributed by atoms with Crippen molar-refractivity contribution in [2.75, 3.05) is 39.2 Å². The maximum atomic E-state index is 14.0. The van der Waals surface area contributed by atoms with Crippen LogP contribution in [0.1, 0.15) is 30.0 Å². The number of likely N-dealkylation sites (tertiary alicyclic amines) is 1. The second-order valence-corrected chi connectivity index (χ2v) is 8.43. The maximum Gasteiger partial charge on any atom is 0.227 e. The highest BCUT2D eigenvalue weighted by Gasteiger charge is 2.27. The van der Waals surface area contributed by atoms with E-state index in [1.165, 1.54) is 13.2 Å². The highest BCUT2D eigenvalue weighted by Crippen LogP contribution is 2.30. The summed E-state index contributed by atoms with van der Waals surface area (Å²) >= 11 is 0. The largest absolute Gasteiger partial charge is 0.494 e. The standard InChI is InChI=1S/C25H28FN5O2/c1-30(2)23-15-21(28-25(29-23)18-8-10-27-11-9-18)19-5-4-12-31(16-19)24(32)14-17-6-7-22(33-3)20(26)13-17/h6-11,13,15,19H,4-5,12,14,16H2,1-3H3. The van der Waals surface area contributed by atoms with Crippen LogP contribution in [0.3, 0.4) is 0 Å². The fraction of sp³-hybridized carbons (Fsp3) is 0.360. The summed E-state index contributed by atoms with van der Waals surface area (Å²) < 4.78 is 19.0. The minimum Gasteiger partial charge on any atom is -0.494 e. The highest BCUT2D eigenvalue weighted by atomic mass is 19.1. The van der Waals surface area contributed by atoms with Gasteiger partial charge in [-0.25, -0.2) is 14.4 Å². The number of piperidine rings is 1. The number of anilines is 1. The number of rotatable bonds is 6. The van der Waals surface area contributed by atoms with Crippen molar-refractivity contribution in [1.29, 1.82) is 0 Å². The van der Waals surface area contributed by atoms with Crippen molar-refractivity contribution in [2.45, 2.75) is 25.2 Å². The van der Waals surface area contributed by atoms with Gasteiger partial charge in [0.25, 0.3) is 0 Å². The van der Waals surface area contributed by atoms with Gasteiger partial charge < -0.3 is 14.5 Å². The number of hydrogen-bond donors (Lipinski definition) is 0. The molecule has 0 N–H and O–H groups in total. The van der Waals surface area contributed by atoms with Crippen LogP contribution < -0.4 is 9.64 Å². The van der Waals surface area contributed by atoms with Crippen LogP contribution in [0.15, 0.2) is 48.8 Å². The molecule has 8 heteroatoms. The lowest BCUT2D eigenvalue weighted by Crippen LogP contribution is -2.40. The van der Waals surface area contributed by atoms with Gasteiger partial charge in [0, 0.05) is 57.1 Å². The first kappa shape index (κ1) is 22.6. The lowest BCUT2D eigenvalue weighted by molar-refractivity contribution is -0.131. The third kappa shape index (κ3) is 5.27. The Kier molecular flexibility index (Phi) is 6.82. The SMILES string of the molecule is COc1ccc(CC(=O)N2CCCC(c3cc(N(C)C)nc(-c4ccncc4)n3)C2)cc1F. The summed E-state index contributed by atoms with van der Waals surface area (Å²) in [6.45, 7) is 1.27. The Morgan fingerprint density at radius 3 is 2.67 bits per heavy atom. The Balaban J connectivity index is 1.53. The van der Waals surface area contributed by atoms with Crippen LogP contribution >= 0.6 is 0 Å². The molecule has 2 aromatic heterocycles. The van der Waals surface area contributed by atoms with Gasteiger partial charge in [-0.05, 0) is 42.7 Å². The van der Waals surface area contributed by atoms with E-state index >= 15 is 0 Å². The van der Waals surface area contributed by atoms with E-state index in [2.05, 4.69) is 4.98 Å². The van der Waals surface area contributed by atoms with Gasteiger partial charge in [-0.15, -0.1) is 0 Å². The van der Waals surface area contributed by atoms with Gasteiger partial charge in [-0.1, -0.05) is 6.07 Å². The zero-order chi connectivity index (χ0) is 23.4. The first-order valence-corrected chi connectivity index (χ1v) is 11.0. The maximum absolute atomic E-state index is 14.0. The molecule has 3 heterocycles. The normalized spacial score (nSPS) is 15.9. The minimum atomic E-state index is -0.458. The molecule has 1 unspecified atom stereocenters. The Bertz CT molecular complexity index is 1120. The Hall–Kier alpha value is -3.55. The molecule has 1 atom stereocenters. The molecule has 0 spiro atoms. The molecule has 33 heavy (non-hydrogen) atoms. The number of nitrogens with zero attached hydrogens (tertiary/aromatic N) is 5. The van der Waals surface area contributed by atoms with E-state index in [9.17, 15) is 9.18 Å². The van der Waals surface area contributed by atoms with E-state index in [-0.39, 0.29) is 24.0 Å². The monoisotopic (exact) mass is 449 g/mol. The number of carbonyl (C=O) groups excluding carboxylic acids is 1. The smallest absolute Gasteiger partial charge is 0.227 e. The van der Waals surface area contributed by atoms with Crippen molar-refractivity contribution < 1.29 is 13.9 Å². The van der Waals surface area contributed by atoms with Crippen LogP contribution in [-0.2, 0) is 11.2 Å². The van der Waals surface area contributed by atoms with E-state index in [0.717, 1.165) is 29.9 Å². The summed E-state index contributed by atoms with van der Waals surface area (Å²) in [6, 6.07) is 10.4. The van der Waals surface area contributed by atoms with E-state index in [1.807, 2.05) is 42.1 Å². The molecule has 172 valence electrons. The second-order valence-electron chi connectivity index (χ2n) is 8.43. The summed E-state index contributed by atoms with van der Waals surface area (Å²) in [4.78, 5) is 30.4. The molecule has 1 amide bonds. The van der Waals surface area contributed by atoms with Crippen LogP contribution in [0.4, 0.5) is 10.2 Å². The number of benzene rings is 1.